The smallest absolute Gasteiger partial charge is 0.159 e. The van der Waals surface area contributed by atoms with E-state index < -0.39 is 11.6 Å². The molecule has 106 valence electrons. The second kappa shape index (κ2) is 6.81. The molecule has 0 saturated heterocycles. The van der Waals surface area contributed by atoms with Crippen molar-refractivity contribution in [2.75, 3.05) is 6.54 Å². The van der Waals surface area contributed by atoms with Crippen molar-refractivity contribution in [1.29, 1.82) is 0 Å². The molecule has 0 unspecified atom stereocenters. The zero-order chi connectivity index (χ0) is 14.5. The lowest BCUT2D eigenvalue weighted by atomic mass is 10.2. The van der Waals surface area contributed by atoms with Crippen molar-refractivity contribution in [2.24, 2.45) is 0 Å². The van der Waals surface area contributed by atoms with Crippen molar-refractivity contribution in [3.63, 3.8) is 0 Å². The Hall–Kier alpha value is -1.46. The van der Waals surface area contributed by atoms with Crippen molar-refractivity contribution >= 4 is 11.8 Å². The van der Waals surface area contributed by atoms with Gasteiger partial charge in [0, 0.05) is 16.3 Å². The molecule has 2 rings (SSSR count). The minimum absolute atomic E-state index is 0.366. The van der Waals surface area contributed by atoms with Crippen LogP contribution in [-0.4, -0.2) is 6.54 Å². The summed E-state index contributed by atoms with van der Waals surface area (Å²) >= 11 is 1.07. The van der Waals surface area contributed by atoms with Gasteiger partial charge < -0.3 is 5.32 Å². The van der Waals surface area contributed by atoms with Crippen LogP contribution in [0.3, 0.4) is 0 Å². The molecule has 2 aromatic carbocycles. The summed E-state index contributed by atoms with van der Waals surface area (Å²) in [5.41, 5.74) is 0.846. The lowest BCUT2D eigenvalue weighted by Crippen LogP contribution is -2.11. The Morgan fingerprint density at radius 2 is 1.75 bits per heavy atom. The third-order valence-corrected chi connectivity index (χ3v) is 3.73. The van der Waals surface area contributed by atoms with E-state index in [0.717, 1.165) is 36.0 Å². The number of hydrogen-bond acceptors (Lipinski definition) is 2. The van der Waals surface area contributed by atoms with Gasteiger partial charge in [-0.3, -0.25) is 0 Å². The second-order valence-electron chi connectivity index (χ2n) is 4.22. The van der Waals surface area contributed by atoms with Gasteiger partial charge in [-0.1, -0.05) is 24.8 Å². The van der Waals surface area contributed by atoms with Gasteiger partial charge in [0.15, 0.2) is 11.6 Å². The largest absolute Gasteiger partial charge is 0.313 e. The summed E-state index contributed by atoms with van der Waals surface area (Å²) in [6.07, 6.45) is 0. The average molecular weight is 297 g/mol. The van der Waals surface area contributed by atoms with Crippen LogP contribution in [0.15, 0.2) is 46.2 Å². The monoisotopic (exact) mass is 297 g/mol. The molecule has 1 N–H and O–H groups in total. The second-order valence-corrected chi connectivity index (χ2v) is 5.34. The van der Waals surface area contributed by atoms with Crippen LogP contribution < -0.4 is 5.32 Å². The molecule has 20 heavy (non-hydrogen) atoms. The number of benzene rings is 2. The summed E-state index contributed by atoms with van der Waals surface area (Å²) < 4.78 is 39.8. The average Bonchev–Trinajstić information content (AvgIpc) is 2.43. The van der Waals surface area contributed by atoms with E-state index in [9.17, 15) is 13.2 Å². The van der Waals surface area contributed by atoms with Crippen LogP contribution in [0.5, 0.6) is 0 Å². The molecular weight excluding hydrogens is 283 g/mol. The van der Waals surface area contributed by atoms with E-state index >= 15 is 0 Å². The Morgan fingerprint density at radius 1 is 0.950 bits per heavy atom. The first-order chi connectivity index (χ1) is 9.60. The molecule has 5 heteroatoms. The summed E-state index contributed by atoms with van der Waals surface area (Å²) in [5, 5.41) is 3.11. The highest BCUT2D eigenvalue weighted by atomic mass is 32.2. The van der Waals surface area contributed by atoms with Crippen LogP contribution in [-0.2, 0) is 6.54 Å². The van der Waals surface area contributed by atoms with Gasteiger partial charge in [0.1, 0.15) is 5.82 Å². The van der Waals surface area contributed by atoms with Gasteiger partial charge in [-0.05, 0) is 42.4 Å². The number of halogens is 3. The molecule has 0 fully saturated rings. The zero-order valence-electron chi connectivity index (χ0n) is 10.9. The minimum Gasteiger partial charge on any atom is -0.313 e. The highest BCUT2D eigenvalue weighted by Gasteiger charge is 2.08. The molecule has 2 aromatic rings. The van der Waals surface area contributed by atoms with Crippen LogP contribution in [0.1, 0.15) is 12.5 Å². The third kappa shape index (κ3) is 3.77. The van der Waals surface area contributed by atoms with Crippen molar-refractivity contribution < 1.29 is 13.2 Å². The van der Waals surface area contributed by atoms with E-state index in [4.69, 9.17) is 0 Å². The molecule has 0 spiro atoms. The third-order valence-electron chi connectivity index (χ3n) is 2.69. The van der Waals surface area contributed by atoms with E-state index in [0.29, 0.717) is 16.3 Å². The molecule has 0 aliphatic carbocycles. The molecule has 0 aliphatic heterocycles. The maximum Gasteiger partial charge on any atom is 0.159 e. The first-order valence-corrected chi connectivity index (χ1v) is 7.04. The van der Waals surface area contributed by atoms with E-state index in [2.05, 4.69) is 5.32 Å². The van der Waals surface area contributed by atoms with Gasteiger partial charge in [-0.25, -0.2) is 13.2 Å². The van der Waals surface area contributed by atoms with Gasteiger partial charge in [0.2, 0.25) is 0 Å². The van der Waals surface area contributed by atoms with E-state index in [1.54, 1.807) is 6.07 Å². The predicted octanol–water partition coefficient (Wildman–Crippen LogP) is 4.36. The lowest BCUT2D eigenvalue weighted by molar-refractivity contribution is 0.506. The standard InChI is InChI=1S/C15H14F3NS/c1-2-19-9-10-3-6-15(14(18)7-10)20-11-4-5-12(16)13(17)8-11/h3-8,19H,2,9H2,1H3. The molecule has 0 aliphatic rings. The molecule has 0 bridgehead atoms. The molecular formula is C15H14F3NS. The summed E-state index contributed by atoms with van der Waals surface area (Å²) in [4.78, 5) is 0.846. The summed E-state index contributed by atoms with van der Waals surface area (Å²) in [5.74, 6) is -2.20. The normalized spacial score (nSPS) is 10.8. The maximum absolute atomic E-state index is 13.9. The first kappa shape index (κ1) is 14.9. The molecule has 1 nitrogen and oxygen atoms in total. The molecule has 0 atom stereocenters. The number of nitrogens with one attached hydrogen (secondary N) is 1. The highest BCUT2D eigenvalue weighted by molar-refractivity contribution is 7.99. The van der Waals surface area contributed by atoms with E-state index in [-0.39, 0.29) is 5.82 Å². The fraction of sp³-hybridized carbons (Fsp3) is 0.200. The van der Waals surface area contributed by atoms with Crippen LogP contribution in [0.25, 0.3) is 0 Å². The van der Waals surface area contributed by atoms with Crippen molar-refractivity contribution in [1.82, 2.24) is 5.32 Å². The van der Waals surface area contributed by atoms with Crippen LogP contribution in [0.2, 0.25) is 0 Å². The fourth-order valence-corrected chi connectivity index (χ4v) is 2.52. The first-order valence-electron chi connectivity index (χ1n) is 6.22. The van der Waals surface area contributed by atoms with Gasteiger partial charge in [-0.2, -0.15) is 0 Å². The topological polar surface area (TPSA) is 12.0 Å². The maximum atomic E-state index is 13.9. The predicted molar refractivity (Wildman–Crippen MR) is 74.3 cm³/mol. The Kier molecular flexibility index (Phi) is 5.09. The Morgan fingerprint density at radius 3 is 2.40 bits per heavy atom. The fourth-order valence-electron chi connectivity index (χ4n) is 1.67. The van der Waals surface area contributed by atoms with Gasteiger partial charge >= 0.3 is 0 Å². The molecule has 0 radical (unpaired) electrons. The van der Waals surface area contributed by atoms with Crippen molar-refractivity contribution in [3.05, 3.63) is 59.4 Å². The van der Waals surface area contributed by atoms with E-state index in [1.165, 1.54) is 12.1 Å². The Bertz CT molecular complexity index is 602. The Labute approximate surface area is 120 Å². The molecule has 0 amide bonds. The zero-order valence-corrected chi connectivity index (χ0v) is 11.7. The quantitative estimate of drug-likeness (QED) is 0.880. The highest BCUT2D eigenvalue weighted by Crippen LogP contribution is 2.31. The lowest BCUT2D eigenvalue weighted by Gasteiger charge is -2.07. The van der Waals surface area contributed by atoms with Crippen LogP contribution in [0.4, 0.5) is 13.2 Å². The SMILES string of the molecule is CCNCc1ccc(Sc2ccc(F)c(F)c2)c(F)c1. The van der Waals surface area contributed by atoms with Crippen LogP contribution in [0, 0.1) is 17.5 Å². The van der Waals surface area contributed by atoms with Crippen LogP contribution >= 0.6 is 11.8 Å². The number of hydrogen-bond donors (Lipinski definition) is 1. The van der Waals surface area contributed by atoms with Gasteiger partial charge in [0.05, 0.1) is 0 Å². The van der Waals surface area contributed by atoms with Crippen molar-refractivity contribution in [2.45, 2.75) is 23.3 Å². The van der Waals surface area contributed by atoms with Crippen molar-refractivity contribution in [3.8, 4) is 0 Å². The molecule has 0 saturated carbocycles. The molecule has 0 heterocycles. The summed E-state index contributed by atoms with van der Waals surface area (Å²) in [7, 11) is 0. The van der Waals surface area contributed by atoms with Gasteiger partial charge in [0.25, 0.3) is 0 Å². The summed E-state index contributed by atoms with van der Waals surface area (Å²) in [6, 6.07) is 8.43. The molecule has 0 aromatic heterocycles. The minimum atomic E-state index is -0.931. The number of rotatable bonds is 5. The van der Waals surface area contributed by atoms with Gasteiger partial charge in [-0.15, -0.1) is 0 Å². The summed E-state index contributed by atoms with van der Waals surface area (Å²) in [6.45, 7) is 3.39. The Balaban J connectivity index is 2.14. The van der Waals surface area contributed by atoms with E-state index in [1.807, 2.05) is 13.0 Å².